The van der Waals surface area contributed by atoms with E-state index in [1.807, 2.05) is 6.08 Å². The highest BCUT2D eigenvalue weighted by molar-refractivity contribution is 6.01. The van der Waals surface area contributed by atoms with Gasteiger partial charge in [-0.15, -0.1) is 0 Å². The van der Waals surface area contributed by atoms with Gasteiger partial charge in [0.05, 0.1) is 0 Å². The second-order valence-electron chi connectivity index (χ2n) is 9.96. The van der Waals surface area contributed by atoms with Crippen LogP contribution in [0.1, 0.15) is 71.6 Å². The minimum Gasteiger partial charge on any atom is -0.299 e. The molecule has 0 heterocycles. The molecule has 2 heteroatoms. The molecule has 0 amide bonds. The summed E-state index contributed by atoms with van der Waals surface area (Å²) in [6.07, 6.45) is 16.1. The molecule has 3 unspecified atom stereocenters. The molecule has 4 saturated carbocycles. The summed E-state index contributed by atoms with van der Waals surface area (Å²) in [6.45, 7) is 4.84. The Morgan fingerprint density at radius 2 is 1.76 bits per heavy atom. The summed E-state index contributed by atoms with van der Waals surface area (Å²) in [6, 6.07) is 0. The van der Waals surface area contributed by atoms with Gasteiger partial charge in [0.1, 0.15) is 5.78 Å². The molecule has 1 spiro atoms. The normalized spacial score (nSPS) is 51.3. The molecule has 0 bridgehead atoms. The van der Waals surface area contributed by atoms with Crippen LogP contribution in [0, 0.1) is 34.0 Å². The quantitative estimate of drug-likeness (QED) is 0.620. The highest BCUT2D eigenvalue weighted by Crippen LogP contribution is 2.71. The van der Waals surface area contributed by atoms with E-state index in [1.54, 1.807) is 6.08 Å². The Kier molecular flexibility index (Phi) is 3.18. The predicted octanol–water partition coefficient (Wildman–Crippen LogP) is 5.03. The lowest BCUT2D eigenvalue weighted by molar-refractivity contribution is -0.137. The fourth-order valence-corrected chi connectivity index (χ4v) is 8.13. The molecule has 0 aliphatic heterocycles. The second-order valence-corrected chi connectivity index (χ2v) is 9.96. The van der Waals surface area contributed by atoms with Crippen molar-refractivity contribution in [2.75, 3.05) is 0 Å². The minimum atomic E-state index is 0.0119. The van der Waals surface area contributed by atoms with Crippen molar-refractivity contribution in [2.45, 2.75) is 71.6 Å². The molecule has 5 aliphatic rings. The van der Waals surface area contributed by atoms with E-state index >= 15 is 0 Å². The highest BCUT2D eigenvalue weighted by Gasteiger charge is 2.66. The zero-order valence-corrected chi connectivity index (χ0v) is 15.6. The van der Waals surface area contributed by atoms with Crippen molar-refractivity contribution in [3.8, 4) is 0 Å². The van der Waals surface area contributed by atoms with Crippen molar-refractivity contribution >= 4 is 11.6 Å². The molecule has 2 nitrogen and oxygen atoms in total. The molecule has 0 saturated heterocycles. The molecule has 134 valence electrons. The van der Waals surface area contributed by atoms with Crippen LogP contribution in [-0.4, -0.2) is 11.6 Å². The zero-order chi connectivity index (χ0) is 17.4. The van der Waals surface area contributed by atoms with Gasteiger partial charge in [-0.05, 0) is 86.7 Å². The van der Waals surface area contributed by atoms with Gasteiger partial charge in [-0.1, -0.05) is 25.5 Å². The van der Waals surface area contributed by atoms with Crippen LogP contribution in [0.25, 0.3) is 0 Å². The number of hydrogen-bond donors (Lipinski definition) is 0. The van der Waals surface area contributed by atoms with Gasteiger partial charge in [0.2, 0.25) is 0 Å². The number of hydrogen-bond acceptors (Lipinski definition) is 2. The number of rotatable bonds is 0. The van der Waals surface area contributed by atoms with Crippen LogP contribution in [0.15, 0.2) is 23.8 Å². The molecule has 0 aromatic rings. The average molecular weight is 338 g/mol. The maximum atomic E-state index is 12.9. The van der Waals surface area contributed by atoms with Gasteiger partial charge in [0.25, 0.3) is 0 Å². The third-order valence-corrected chi connectivity index (χ3v) is 9.46. The molecule has 5 aliphatic carbocycles. The Balaban J connectivity index is 1.52. The fourth-order valence-electron chi connectivity index (χ4n) is 8.13. The van der Waals surface area contributed by atoms with E-state index in [-0.39, 0.29) is 22.0 Å². The summed E-state index contributed by atoms with van der Waals surface area (Å²) in [5, 5.41) is 0. The molecule has 0 aromatic heterocycles. The van der Waals surface area contributed by atoms with Crippen LogP contribution in [0.5, 0.6) is 0 Å². The summed E-state index contributed by atoms with van der Waals surface area (Å²) in [4.78, 5) is 24.7. The predicted molar refractivity (Wildman–Crippen MR) is 97.9 cm³/mol. The number of carbonyl (C=O) groups excluding carboxylic acids is 2. The Bertz CT molecular complexity index is 716. The van der Waals surface area contributed by atoms with Crippen molar-refractivity contribution in [3.05, 3.63) is 23.8 Å². The summed E-state index contributed by atoms with van der Waals surface area (Å²) >= 11 is 0. The smallest absolute Gasteiger partial charge is 0.178 e. The maximum absolute atomic E-state index is 12.9. The van der Waals surface area contributed by atoms with Gasteiger partial charge >= 0.3 is 0 Å². The standard InChI is InChI=1S/C23H30O2/c1-21-11-7-16(24)14-15(21)5-6-17-18(21)8-12-22(2)19(17)9-13-23(22)10-3-4-20(23)25/h7,11,14,17-19H,3-6,8-10,12-13H2,1-2H3/t17?,18-,19?,21+,22+,23?/m0/s1. The van der Waals surface area contributed by atoms with Gasteiger partial charge in [-0.25, -0.2) is 0 Å². The maximum Gasteiger partial charge on any atom is 0.178 e. The summed E-state index contributed by atoms with van der Waals surface area (Å²) in [5.74, 6) is 2.84. The first-order chi connectivity index (χ1) is 11.9. The largest absolute Gasteiger partial charge is 0.299 e. The first-order valence-corrected chi connectivity index (χ1v) is 10.4. The van der Waals surface area contributed by atoms with Gasteiger partial charge in [-0.2, -0.15) is 0 Å². The Hall–Kier alpha value is -1.18. The molecule has 5 rings (SSSR count). The summed E-state index contributed by atoms with van der Waals surface area (Å²) in [7, 11) is 0. The monoisotopic (exact) mass is 338 g/mol. The Morgan fingerprint density at radius 1 is 0.960 bits per heavy atom. The lowest BCUT2D eigenvalue weighted by atomic mass is 9.45. The molecule has 0 N–H and O–H groups in total. The SMILES string of the molecule is C[C@@]12C=CC(=O)C=C1CCC1C3CCC4(CCCC4=O)[C@]3(C)CC[C@@H]12. The molecule has 25 heavy (non-hydrogen) atoms. The minimum absolute atomic E-state index is 0.0119. The van der Waals surface area contributed by atoms with Gasteiger partial charge in [-0.3, -0.25) is 9.59 Å². The van der Waals surface area contributed by atoms with Crippen LogP contribution in [-0.2, 0) is 9.59 Å². The van der Waals surface area contributed by atoms with Gasteiger partial charge in [0.15, 0.2) is 5.78 Å². The Labute approximate surface area is 151 Å². The lowest BCUT2D eigenvalue weighted by Crippen LogP contribution is -2.52. The van der Waals surface area contributed by atoms with E-state index in [1.165, 1.54) is 31.3 Å². The van der Waals surface area contributed by atoms with Crippen LogP contribution >= 0.6 is 0 Å². The second kappa shape index (κ2) is 4.96. The van der Waals surface area contributed by atoms with E-state index in [0.717, 1.165) is 38.0 Å². The van der Waals surface area contributed by atoms with Crippen molar-refractivity contribution < 1.29 is 9.59 Å². The fraction of sp³-hybridized carbons (Fsp3) is 0.739. The first-order valence-electron chi connectivity index (χ1n) is 10.4. The first kappa shape index (κ1) is 16.0. The van der Waals surface area contributed by atoms with Crippen molar-refractivity contribution in [1.82, 2.24) is 0 Å². The van der Waals surface area contributed by atoms with E-state index in [0.29, 0.717) is 17.6 Å². The lowest BCUT2D eigenvalue weighted by Gasteiger charge is -2.58. The molecular formula is C23H30O2. The molecule has 6 atom stereocenters. The third kappa shape index (κ3) is 1.82. The number of Topliss-reactive ketones (excluding diaryl/α,β-unsaturated/α-hetero) is 1. The summed E-state index contributed by atoms with van der Waals surface area (Å²) < 4.78 is 0. The Morgan fingerprint density at radius 3 is 2.52 bits per heavy atom. The van der Waals surface area contributed by atoms with Crippen molar-refractivity contribution in [1.29, 1.82) is 0 Å². The number of carbonyl (C=O) groups is 2. The molecular weight excluding hydrogens is 308 g/mol. The summed E-state index contributed by atoms with van der Waals surface area (Å²) in [5.41, 5.74) is 1.69. The van der Waals surface area contributed by atoms with E-state index < -0.39 is 0 Å². The third-order valence-electron chi connectivity index (χ3n) is 9.46. The van der Waals surface area contributed by atoms with E-state index in [4.69, 9.17) is 0 Å². The highest BCUT2D eigenvalue weighted by atomic mass is 16.1. The van der Waals surface area contributed by atoms with Crippen LogP contribution < -0.4 is 0 Å². The van der Waals surface area contributed by atoms with Crippen LogP contribution in [0.3, 0.4) is 0 Å². The van der Waals surface area contributed by atoms with Gasteiger partial charge in [0, 0.05) is 17.3 Å². The topological polar surface area (TPSA) is 34.1 Å². The molecule has 4 fully saturated rings. The van der Waals surface area contributed by atoms with Crippen LogP contribution in [0.2, 0.25) is 0 Å². The van der Waals surface area contributed by atoms with Crippen molar-refractivity contribution in [2.24, 2.45) is 34.0 Å². The number of allylic oxidation sites excluding steroid dienone is 4. The molecule has 0 aromatic carbocycles. The average Bonchev–Trinajstić information content (AvgIpc) is 3.10. The van der Waals surface area contributed by atoms with E-state index in [2.05, 4.69) is 19.9 Å². The van der Waals surface area contributed by atoms with Gasteiger partial charge < -0.3 is 0 Å². The van der Waals surface area contributed by atoms with Crippen LogP contribution in [0.4, 0.5) is 0 Å². The van der Waals surface area contributed by atoms with E-state index in [9.17, 15) is 9.59 Å². The van der Waals surface area contributed by atoms with Crippen molar-refractivity contribution in [3.63, 3.8) is 0 Å². The molecule has 0 radical (unpaired) electrons. The zero-order valence-electron chi connectivity index (χ0n) is 15.6. The number of ketones is 2. The number of fused-ring (bicyclic) bond motifs is 6.